The Morgan fingerprint density at radius 2 is 1.88 bits per heavy atom. The molecular formula is C21H24N2O3. The SMILES string of the molecule is Cc1cccc(CC(=O)N2CC(COc3ccccc3)C(C(N)=O)C2)c1. The van der Waals surface area contributed by atoms with Gasteiger partial charge in [-0.1, -0.05) is 48.0 Å². The van der Waals surface area contributed by atoms with Crippen LogP contribution < -0.4 is 10.5 Å². The summed E-state index contributed by atoms with van der Waals surface area (Å²) >= 11 is 0. The van der Waals surface area contributed by atoms with Gasteiger partial charge in [-0.15, -0.1) is 0 Å². The van der Waals surface area contributed by atoms with Crippen molar-refractivity contribution in [2.75, 3.05) is 19.7 Å². The predicted molar refractivity (Wildman–Crippen MR) is 99.6 cm³/mol. The van der Waals surface area contributed by atoms with Crippen molar-refractivity contribution in [3.05, 3.63) is 65.7 Å². The summed E-state index contributed by atoms with van der Waals surface area (Å²) in [4.78, 5) is 26.2. The summed E-state index contributed by atoms with van der Waals surface area (Å²) in [6.45, 7) is 3.23. The third kappa shape index (κ3) is 4.42. The molecule has 3 rings (SSSR count). The third-order valence-electron chi connectivity index (χ3n) is 4.80. The van der Waals surface area contributed by atoms with E-state index in [0.717, 1.165) is 16.9 Å². The first-order valence-corrected chi connectivity index (χ1v) is 8.83. The molecule has 5 heteroatoms. The number of carbonyl (C=O) groups is 2. The van der Waals surface area contributed by atoms with Crippen molar-refractivity contribution in [1.29, 1.82) is 0 Å². The van der Waals surface area contributed by atoms with Crippen molar-refractivity contribution in [1.82, 2.24) is 4.90 Å². The highest BCUT2D eigenvalue weighted by Crippen LogP contribution is 2.25. The molecule has 26 heavy (non-hydrogen) atoms. The van der Waals surface area contributed by atoms with E-state index in [-0.39, 0.29) is 23.7 Å². The van der Waals surface area contributed by atoms with E-state index >= 15 is 0 Å². The number of amides is 2. The van der Waals surface area contributed by atoms with Crippen molar-refractivity contribution in [3.8, 4) is 5.75 Å². The summed E-state index contributed by atoms with van der Waals surface area (Å²) in [6.07, 6.45) is 0.333. The van der Waals surface area contributed by atoms with Crippen LogP contribution in [0.25, 0.3) is 0 Å². The molecule has 1 heterocycles. The predicted octanol–water partition coefficient (Wildman–Crippen LogP) is 2.18. The molecule has 0 bridgehead atoms. The second kappa shape index (κ2) is 8.04. The van der Waals surface area contributed by atoms with E-state index in [2.05, 4.69) is 0 Å². The summed E-state index contributed by atoms with van der Waals surface area (Å²) in [5.41, 5.74) is 7.67. The molecule has 0 spiro atoms. The van der Waals surface area contributed by atoms with Gasteiger partial charge in [0.1, 0.15) is 5.75 Å². The van der Waals surface area contributed by atoms with Crippen LogP contribution in [0.15, 0.2) is 54.6 Å². The highest BCUT2D eigenvalue weighted by atomic mass is 16.5. The number of aryl methyl sites for hydroxylation is 1. The first-order valence-electron chi connectivity index (χ1n) is 8.83. The minimum Gasteiger partial charge on any atom is -0.493 e. The number of hydrogen-bond acceptors (Lipinski definition) is 3. The normalized spacial score (nSPS) is 19.3. The molecule has 0 radical (unpaired) electrons. The maximum absolute atomic E-state index is 12.6. The number of ether oxygens (including phenoxy) is 1. The average Bonchev–Trinajstić information content (AvgIpc) is 3.06. The number of para-hydroxylation sites is 1. The molecule has 2 amide bonds. The molecule has 1 aliphatic heterocycles. The number of benzene rings is 2. The van der Waals surface area contributed by atoms with E-state index in [0.29, 0.717) is 26.1 Å². The molecule has 2 aromatic carbocycles. The van der Waals surface area contributed by atoms with Crippen LogP contribution in [-0.4, -0.2) is 36.4 Å². The molecule has 2 unspecified atom stereocenters. The van der Waals surface area contributed by atoms with Crippen LogP contribution in [0, 0.1) is 18.8 Å². The van der Waals surface area contributed by atoms with Crippen molar-refractivity contribution in [3.63, 3.8) is 0 Å². The van der Waals surface area contributed by atoms with E-state index in [1.807, 2.05) is 61.5 Å². The molecule has 5 nitrogen and oxygen atoms in total. The largest absolute Gasteiger partial charge is 0.493 e. The Morgan fingerprint density at radius 3 is 2.58 bits per heavy atom. The van der Waals surface area contributed by atoms with Gasteiger partial charge in [-0.2, -0.15) is 0 Å². The summed E-state index contributed by atoms with van der Waals surface area (Å²) in [5, 5.41) is 0. The zero-order chi connectivity index (χ0) is 18.5. The molecule has 2 N–H and O–H groups in total. The van der Waals surface area contributed by atoms with Gasteiger partial charge in [-0.25, -0.2) is 0 Å². The van der Waals surface area contributed by atoms with Crippen LogP contribution in [-0.2, 0) is 16.0 Å². The number of hydrogen-bond donors (Lipinski definition) is 1. The van der Waals surface area contributed by atoms with E-state index in [4.69, 9.17) is 10.5 Å². The van der Waals surface area contributed by atoms with Crippen LogP contribution in [0.2, 0.25) is 0 Å². The van der Waals surface area contributed by atoms with Gasteiger partial charge >= 0.3 is 0 Å². The number of likely N-dealkylation sites (tertiary alicyclic amines) is 1. The summed E-state index contributed by atoms with van der Waals surface area (Å²) in [6, 6.07) is 17.4. The second-order valence-electron chi connectivity index (χ2n) is 6.86. The van der Waals surface area contributed by atoms with Crippen molar-refractivity contribution >= 4 is 11.8 Å². The lowest BCUT2D eigenvalue weighted by Gasteiger charge is -2.17. The molecular weight excluding hydrogens is 328 g/mol. The van der Waals surface area contributed by atoms with E-state index in [1.54, 1.807) is 4.90 Å². The lowest BCUT2D eigenvalue weighted by Crippen LogP contribution is -2.33. The zero-order valence-corrected chi connectivity index (χ0v) is 14.9. The fraction of sp³-hybridized carbons (Fsp3) is 0.333. The molecule has 0 aliphatic carbocycles. The molecule has 2 aromatic rings. The monoisotopic (exact) mass is 352 g/mol. The van der Waals surface area contributed by atoms with Gasteiger partial charge in [0.05, 0.1) is 18.9 Å². The lowest BCUT2D eigenvalue weighted by molar-refractivity contribution is -0.129. The summed E-state index contributed by atoms with van der Waals surface area (Å²) < 4.78 is 5.79. The Kier molecular flexibility index (Phi) is 5.56. The lowest BCUT2D eigenvalue weighted by atomic mass is 9.96. The van der Waals surface area contributed by atoms with Crippen LogP contribution in [0.4, 0.5) is 0 Å². The van der Waals surface area contributed by atoms with E-state index in [1.165, 1.54) is 0 Å². The van der Waals surface area contributed by atoms with Gasteiger partial charge in [0.25, 0.3) is 0 Å². The number of primary amides is 1. The topological polar surface area (TPSA) is 72.6 Å². The number of rotatable bonds is 6. The van der Waals surface area contributed by atoms with E-state index in [9.17, 15) is 9.59 Å². The first kappa shape index (κ1) is 18.0. The van der Waals surface area contributed by atoms with Crippen LogP contribution >= 0.6 is 0 Å². The molecule has 2 atom stereocenters. The minimum atomic E-state index is -0.377. The van der Waals surface area contributed by atoms with Gasteiger partial charge in [-0.3, -0.25) is 9.59 Å². The van der Waals surface area contributed by atoms with Crippen molar-refractivity contribution in [2.45, 2.75) is 13.3 Å². The number of nitrogens with zero attached hydrogens (tertiary/aromatic N) is 1. The quantitative estimate of drug-likeness (QED) is 0.866. The molecule has 136 valence electrons. The van der Waals surface area contributed by atoms with Crippen molar-refractivity contribution < 1.29 is 14.3 Å². The number of carbonyl (C=O) groups excluding carboxylic acids is 2. The number of nitrogens with two attached hydrogens (primary N) is 1. The van der Waals surface area contributed by atoms with Crippen LogP contribution in [0.1, 0.15) is 11.1 Å². The Labute approximate surface area is 153 Å². The standard InChI is InChI=1S/C21H24N2O3/c1-15-6-5-7-16(10-15)11-20(24)23-12-17(19(13-23)21(22)25)14-26-18-8-3-2-4-9-18/h2-10,17,19H,11-14H2,1H3,(H2,22,25). The Hall–Kier alpha value is -2.82. The zero-order valence-electron chi connectivity index (χ0n) is 14.9. The Bertz CT molecular complexity index is 776. The smallest absolute Gasteiger partial charge is 0.227 e. The van der Waals surface area contributed by atoms with Gasteiger partial charge < -0.3 is 15.4 Å². The third-order valence-corrected chi connectivity index (χ3v) is 4.80. The fourth-order valence-electron chi connectivity index (χ4n) is 3.39. The van der Waals surface area contributed by atoms with Crippen molar-refractivity contribution in [2.24, 2.45) is 17.6 Å². The molecule has 1 fully saturated rings. The highest BCUT2D eigenvalue weighted by molar-refractivity contribution is 5.82. The Balaban J connectivity index is 1.62. The van der Waals surface area contributed by atoms with Gasteiger partial charge in [-0.05, 0) is 24.6 Å². The van der Waals surface area contributed by atoms with Gasteiger partial charge in [0, 0.05) is 19.0 Å². The molecule has 0 aromatic heterocycles. The van der Waals surface area contributed by atoms with Crippen LogP contribution in [0.5, 0.6) is 5.75 Å². The summed E-state index contributed by atoms with van der Waals surface area (Å²) in [5.74, 6) is -0.0730. The fourth-order valence-corrected chi connectivity index (χ4v) is 3.39. The first-order chi connectivity index (χ1) is 12.5. The average molecular weight is 352 g/mol. The highest BCUT2D eigenvalue weighted by Gasteiger charge is 2.38. The maximum atomic E-state index is 12.6. The Morgan fingerprint density at radius 1 is 1.12 bits per heavy atom. The molecule has 1 saturated heterocycles. The van der Waals surface area contributed by atoms with Gasteiger partial charge in [0.15, 0.2) is 0 Å². The van der Waals surface area contributed by atoms with E-state index < -0.39 is 0 Å². The van der Waals surface area contributed by atoms with Gasteiger partial charge in [0.2, 0.25) is 11.8 Å². The van der Waals surface area contributed by atoms with Crippen LogP contribution in [0.3, 0.4) is 0 Å². The maximum Gasteiger partial charge on any atom is 0.227 e. The summed E-state index contributed by atoms with van der Waals surface area (Å²) in [7, 11) is 0. The second-order valence-corrected chi connectivity index (χ2v) is 6.86. The molecule has 0 saturated carbocycles. The molecule has 1 aliphatic rings. The minimum absolute atomic E-state index is 0.0176.